The Hall–Kier alpha value is -3.04. The van der Waals surface area contributed by atoms with E-state index in [1.54, 1.807) is 34.6 Å². The monoisotopic (exact) mass is 1050 g/mol. The largest absolute Gasteiger partial charge is 0.460 e. The van der Waals surface area contributed by atoms with Gasteiger partial charge in [-0.3, -0.25) is 9.59 Å². The van der Waals surface area contributed by atoms with Gasteiger partial charge in [0, 0.05) is 43.9 Å². The first-order valence-electron chi connectivity index (χ1n) is 26.9. The van der Waals surface area contributed by atoms with Crippen LogP contribution < -0.4 is 5.32 Å². The number of ether oxygens (including phenoxy) is 8. The van der Waals surface area contributed by atoms with E-state index in [2.05, 4.69) is 5.32 Å². The molecule has 416 valence electrons. The Bertz CT molecular complexity index is 1940. The van der Waals surface area contributed by atoms with Crippen LogP contribution in [0.3, 0.4) is 0 Å². The highest BCUT2D eigenvalue weighted by atomic mass is 32.1. The number of benzene rings is 1. The van der Waals surface area contributed by atoms with Crippen molar-refractivity contribution < 1.29 is 67.6 Å². The quantitative estimate of drug-likeness (QED) is 0.0569. The van der Waals surface area contributed by atoms with Gasteiger partial charge in [0.1, 0.15) is 23.9 Å². The molecule has 4 fully saturated rings. The number of aliphatic hydroxyl groups excluding tert-OH is 1. The minimum Gasteiger partial charge on any atom is -0.460 e. The number of oxime groups is 1. The molecule has 0 unspecified atom stereocenters. The van der Waals surface area contributed by atoms with E-state index in [9.17, 15) is 24.9 Å². The number of nitrogens with one attached hydrogen (secondary N) is 1. The minimum absolute atomic E-state index is 0.00981. The lowest BCUT2D eigenvalue weighted by Gasteiger charge is -2.50. The molecular formula is C55H91N3O14S. The maximum atomic E-state index is 14.8. The minimum atomic E-state index is -1.96. The molecule has 4 aliphatic rings. The number of nitrogens with zero attached hydrogens (tertiary/aromatic N) is 2. The topological polar surface area (TPSA) is 206 Å². The zero-order valence-electron chi connectivity index (χ0n) is 46.2. The van der Waals surface area contributed by atoms with Crippen LogP contribution in [0.1, 0.15) is 147 Å². The molecule has 1 aromatic rings. The van der Waals surface area contributed by atoms with Crippen LogP contribution in [0.2, 0.25) is 0 Å². The third-order valence-corrected chi connectivity index (χ3v) is 16.3. The number of carbonyl (C=O) groups is 2. The van der Waals surface area contributed by atoms with Gasteiger partial charge in [0.2, 0.25) is 0 Å². The highest BCUT2D eigenvalue weighted by Crippen LogP contribution is 2.42. The lowest BCUT2D eigenvalue weighted by atomic mass is 9.73. The molecule has 0 bridgehead atoms. The van der Waals surface area contributed by atoms with Gasteiger partial charge in [0.15, 0.2) is 24.8 Å². The van der Waals surface area contributed by atoms with Crippen molar-refractivity contribution in [2.24, 2.45) is 34.7 Å². The van der Waals surface area contributed by atoms with Crippen molar-refractivity contribution in [3.05, 3.63) is 30.3 Å². The molecule has 18 atom stereocenters. The van der Waals surface area contributed by atoms with Crippen LogP contribution in [-0.2, 0) is 52.3 Å². The predicted molar refractivity (Wildman–Crippen MR) is 282 cm³/mol. The summed E-state index contributed by atoms with van der Waals surface area (Å²) in [5.74, 6) is -3.92. The lowest BCUT2D eigenvalue weighted by molar-refractivity contribution is -0.317. The Morgan fingerprint density at radius 3 is 2.21 bits per heavy atom. The number of para-hydroxylation sites is 1. The van der Waals surface area contributed by atoms with Crippen LogP contribution in [-0.4, -0.2) is 155 Å². The Balaban J connectivity index is 1.62. The molecule has 17 nitrogen and oxygen atoms in total. The smallest absolute Gasteiger partial charge is 0.311 e. The van der Waals surface area contributed by atoms with Gasteiger partial charge >= 0.3 is 11.9 Å². The maximum Gasteiger partial charge on any atom is 0.311 e. The molecule has 73 heavy (non-hydrogen) atoms. The fourth-order valence-electron chi connectivity index (χ4n) is 11.9. The SMILES string of the molecule is CC[C@H]1OC(=O)[C@H](C)[C@@H](O[C@H]2C[C@@](C)(OC)[C@@H](OC(C)=O)[C@H](C)O2)[C@H](C)[C@@H](O[C@@H]2O[C@H](C)C[C@H](N(C)C)[C@H]2OC(=S)Nc2ccccc2)[C@](C)(O)C[C@@H](C)C(=NOCCCC2CCCCC2)[C@H](C)[C@@H](O)[C@]1(C)O. The first-order valence-corrected chi connectivity index (χ1v) is 27.3. The first kappa shape index (κ1) is 60.8. The van der Waals surface area contributed by atoms with Crippen molar-refractivity contribution in [2.45, 2.75) is 231 Å². The van der Waals surface area contributed by atoms with Crippen LogP contribution in [0.15, 0.2) is 35.5 Å². The highest BCUT2D eigenvalue weighted by molar-refractivity contribution is 7.80. The molecule has 4 N–H and O–H groups in total. The number of anilines is 1. The van der Waals surface area contributed by atoms with E-state index in [0.29, 0.717) is 24.7 Å². The van der Waals surface area contributed by atoms with Gasteiger partial charge in [-0.05, 0) is 118 Å². The molecular weight excluding hydrogens is 959 g/mol. The zero-order chi connectivity index (χ0) is 54.0. The van der Waals surface area contributed by atoms with E-state index in [-0.39, 0.29) is 36.6 Å². The standard InChI is InChI=1S/C55H91N3O14S/c1-15-42-55(11,63)47(60)34(4)44(57-65-28-22-25-39-23-18-16-19-24-39)32(2)30-53(9,62)48(72-51-46(41(58(12)13)29-33(3)66-51)71-52(73)56-40-26-20-17-21-27-40)35(5)45(36(6)50(61)69-42)70-43-31-54(10,64-14)49(37(7)67-43)68-38(8)59/h17,20-21,26-27,32-37,39,41-43,45-49,51,60,62-63H,15-16,18-19,22-25,28-31H2,1-14H3,(H,56,73)/t32-,33-,34+,35+,36-,37+,41+,42-,43+,45+,46-,47-,48-,49+,51+,53-,54-,55-/m1/s1. The number of likely N-dealkylation sites (N-methyl/N-ethyl adjacent to an activating group) is 1. The summed E-state index contributed by atoms with van der Waals surface area (Å²) in [6.07, 6.45) is -0.890. The van der Waals surface area contributed by atoms with E-state index in [1.165, 1.54) is 53.1 Å². The molecule has 1 aromatic carbocycles. The Kier molecular flexibility index (Phi) is 22.4. The van der Waals surface area contributed by atoms with E-state index in [4.69, 9.17) is 60.1 Å². The summed E-state index contributed by atoms with van der Waals surface area (Å²) >= 11 is 5.81. The van der Waals surface area contributed by atoms with Gasteiger partial charge < -0.3 is 68.3 Å². The van der Waals surface area contributed by atoms with Gasteiger partial charge in [-0.2, -0.15) is 0 Å². The second kappa shape index (κ2) is 26.8. The van der Waals surface area contributed by atoms with Crippen molar-refractivity contribution in [3.63, 3.8) is 0 Å². The van der Waals surface area contributed by atoms with Crippen LogP contribution >= 0.6 is 12.2 Å². The molecule has 1 saturated carbocycles. The van der Waals surface area contributed by atoms with Gasteiger partial charge in [0.05, 0.1) is 53.8 Å². The van der Waals surface area contributed by atoms with Crippen molar-refractivity contribution >= 4 is 40.7 Å². The van der Waals surface area contributed by atoms with Crippen molar-refractivity contribution in [3.8, 4) is 0 Å². The van der Waals surface area contributed by atoms with Gasteiger partial charge in [-0.25, -0.2) is 0 Å². The molecule has 5 rings (SSSR count). The molecule has 0 aromatic heterocycles. The van der Waals surface area contributed by atoms with Crippen molar-refractivity contribution in [1.82, 2.24) is 4.90 Å². The molecule has 0 amide bonds. The number of cyclic esters (lactones) is 1. The fourth-order valence-corrected chi connectivity index (χ4v) is 12.1. The number of hydrogen-bond acceptors (Lipinski definition) is 17. The summed E-state index contributed by atoms with van der Waals surface area (Å²) in [4.78, 5) is 35.2. The number of methoxy groups -OCH3 is 1. The Morgan fingerprint density at radius 1 is 0.918 bits per heavy atom. The molecule has 3 heterocycles. The summed E-state index contributed by atoms with van der Waals surface area (Å²) in [6.45, 7) is 19.3. The Morgan fingerprint density at radius 2 is 1.59 bits per heavy atom. The second-order valence-corrected chi connectivity index (χ2v) is 22.9. The van der Waals surface area contributed by atoms with Gasteiger partial charge in [-0.15, -0.1) is 0 Å². The van der Waals surface area contributed by atoms with Crippen LogP contribution in [0.5, 0.6) is 0 Å². The number of rotatable bonds is 15. The molecule has 18 heteroatoms. The second-order valence-electron chi connectivity index (χ2n) is 22.5. The average Bonchev–Trinajstić information content (AvgIpc) is 3.33. The van der Waals surface area contributed by atoms with E-state index >= 15 is 0 Å². The zero-order valence-corrected chi connectivity index (χ0v) is 47.1. The number of aliphatic hydroxyl groups is 3. The molecule has 3 aliphatic heterocycles. The molecule has 1 aliphatic carbocycles. The third kappa shape index (κ3) is 15.8. The van der Waals surface area contributed by atoms with Crippen molar-refractivity contribution in [2.75, 3.05) is 33.1 Å². The summed E-state index contributed by atoms with van der Waals surface area (Å²) in [5.41, 5.74) is -3.66. The maximum absolute atomic E-state index is 14.8. The highest BCUT2D eigenvalue weighted by Gasteiger charge is 2.54. The molecule has 0 radical (unpaired) electrons. The summed E-state index contributed by atoms with van der Waals surface area (Å²) < 4.78 is 51.9. The number of esters is 2. The summed E-state index contributed by atoms with van der Waals surface area (Å²) in [7, 11) is 5.42. The number of carbonyl (C=O) groups excluding carboxylic acids is 2. The van der Waals surface area contributed by atoms with Crippen LogP contribution in [0.25, 0.3) is 0 Å². The average molecular weight is 1050 g/mol. The first-order chi connectivity index (χ1) is 34.3. The number of thiocarbonyl (C=S) groups is 1. The van der Waals surface area contributed by atoms with E-state index < -0.39 is 108 Å². The van der Waals surface area contributed by atoms with Crippen LogP contribution in [0, 0.1) is 29.6 Å². The lowest BCUT2D eigenvalue weighted by Crippen LogP contribution is -2.62. The van der Waals surface area contributed by atoms with E-state index in [0.717, 1.165) is 18.5 Å². The summed E-state index contributed by atoms with van der Waals surface area (Å²) in [6, 6.07) is 9.16. The molecule has 0 spiro atoms. The van der Waals surface area contributed by atoms with Gasteiger partial charge in [-0.1, -0.05) is 83.2 Å². The van der Waals surface area contributed by atoms with E-state index in [1.807, 2.05) is 77.0 Å². The summed E-state index contributed by atoms with van der Waals surface area (Å²) in [5, 5.41) is 45.8. The normalized spacial score (nSPS) is 40.1. The fraction of sp³-hybridized carbons (Fsp3) is 0.818. The Labute approximate surface area is 441 Å². The van der Waals surface area contributed by atoms with Crippen LogP contribution in [0.4, 0.5) is 5.69 Å². The predicted octanol–water partition coefficient (Wildman–Crippen LogP) is 7.94. The molecule has 3 saturated heterocycles. The van der Waals surface area contributed by atoms with Crippen molar-refractivity contribution in [1.29, 1.82) is 0 Å². The third-order valence-electron chi connectivity index (χ3n) is 16.1. The van der Waals surface area contributed by atoms with Gasteiger partial charge in [0.25, 0.3) is 5.17 Å². The number of hydrogen-bond donors (Lipinski definition) is 4.